The van der Waals surface area contributed by atoms with Gasteiger partial charge in [-0.1, -0.05) is 5.92 Å². The third kappa shape index (κ3) is 16.4. The van der Waals surface area contributed by atoms with Crippen LogP contribution in [0.5, 0.6) is 80.5 Å². The highest BCUT2D eigenvalue weighted by Gasteiger charge is 2.14. The van der Waals surface area contributed by atoms with Gasteiger partial charge in [0.1, 0.15) is 127 Å². The molecule has 0 aliphatic carbocycles. The third-order valence-electron chi connectivity index (χ3n) is 11.4. The van der Waals surface area contributed by atoms with E-state index in [4.69, 9.17) is 77.5 Å². The molecule has 0 heterocycles. The van der Waals surface area contributed by atoms with Gasteiger partial charge in [-0.25, -0.2) is 0 Å². The SMILES string of the molecule is C#CCOCc1cc(OCc2cc(OCc3cc(OC)cc(OC)c3)cc(OCc3cc(OC)cc(OC)c3)c2)cc(OCc2cc(OCc3cc(OC)cc(OC)c3)cc(OCc3cc(OC)cc(OC)c3)c2)c1. The van der Waals surface area contributed by atoms with Gasteiger partial charge < -0.3 is 71.1 Å². The van der Waals surface area contributed by atoms with Gasteiger partial charge in [0.05, 0.1) is 63.5 Å². The van der Waals surface area contributed by atoms with Gasteiger partial charge in [-0.15, -0.1) is 6.42 Å². The fourth-order valence-corrected chi connectivity index (χ4v) is 7.67. The Morgan fingerprint density at radius 2 is 0.400 bits per heavy atom. The Kier molecular flexibility index (Phi) is 19.7. The summed E-state index contributed by atoms with van der Waals surface area (Å²) in [6.07, 6.45) is 5.54. The Morgan fingerprint density at radius 1 is 0.240 bits per heavy atom. The maximum Gasteiger partial charge on any atom is 0.123 e. The lowest BCUT2D eigenvalue weighted by Gasteiger charge is -2.16. The van der Waals surface area contributed by atoms with Crippen molar-refractivity contribution in [1.29, 1.82) is 0 Å². The van der Waals surface area contributed by atoms with Crippen LogP contribution < -0.4 is 66.3 Å². The van der Waals surface area contributed by atoms with Crippen LogP contribution in [0.25, 0.3) is 0 Å². The van der Waals surface area contributed by atoms with Crippen molar-refractivity contribution in [2.45, 2.75) is 46.2 Å². The topological polar surface area (TPSA) is 138 Å². The van der Waals surface area contributed by atoms with Crippen molar-refractivity contribution in [3.8, 4) is 92.8 Å². The molecule has 0 fully saturated rings. The Balaban J connectivity index is 1.13. The second-order valence-corrected chi connectivity index (χ2v) is 16.8. The van der Waals surface area contributed by atoms with Gasteiger partial charge in [0.15, 0.2) is 0 Å². The molecule has 0 spiro atoms. The van der Waals surface area contributed by atoms with Gasteiger partial charge >= 0.3 is 0 Å². The van der Waals surface area contributed by atoms with E-state index in [1.165, 1.54) is 0 Å². The van der Waals surface area contributed by atoms with E-state index >= 15 is 0 Å². The third-order valence-corrected chi connectivity index (χ3v) is 11.4. The van der Waals surface area contributed by atoms with E-state index in [0.717, 1.165) is 38.9 Å². The molecule has 7 aromatic rings. The summed E-state index contributed by atoms with van der Waals surface area (Å²) in [5.74, 6) is 11.0. The van der Waals surface area contributed by atoms with E-state index < -0.39 is 0 Å². The number of ether oxygens (including phenoxy) is 15. The second-order valence-electron chi connectivity index (χ2n) is 16.8. The zero-order valence-corrected chi connectivity index (χ0v) is 43.5. The maximum absolute atomic E-state index is 6.51. The molecule has 0 unspecified atom stereocenters. The Labute approximate surface area is 438 Å². The summed E-state index contributed by atoms with van der Waals surface area (Å²) < 4.78 is 88.2. The summed E-state index contributed by atoms with van der Waals surface area (Å²) in [5.41, 5.74) is 5.72. The van der Waals surface area contributed by atoms with Gasteiger partial charge in [0, 0.05) is 42.5 Å². The number of terminal acetylenes is 1. The minimum absolute atomic E-state index is 0.128. The number of benzene rings is 7. The first-order valence-corrected chi connectivity index (χ1v) is 23.7. The van der Waals surface area contributed by atoms with Crippen molar-refractivity contribution in [3.05, 3.63) is 166 Å². The first-order chi connectivity index (χ1) is 36.6. The summed E-state index contributed by atoms with van der Waals surface area (Å²) in [7, 11) is 12.8. The number of hydrogen-bond donors (Lipinski definition) is 0. The molecule has 0 saturated heterocycles. The van der Waals surface area contributed by atoms with Crippen LogP contribution in [0.2, 0.25) is 0 Å². The summed E-state index contributed by atoms with van der Waals surface area (Å²) in [6.45, 7) is 1.52. The lowest BCUT2D eigenvalue weighted by atomic mass is 10.1. The molecular weight excluding hydrogens is 961 g/mol. The zero-order valence-electron chi connectivity index (χ0n) is 43.5. The molecule has 15 heteroatoms. The van der Waals surface area contributed by atoms with Crippen LogP contribution in [-0.2, 0) is 51.0 Å². The average molecular weight is 1020 g/mol. The second kappa shape index (κ2) is 27.4. The molecule has 0 saturated carbocycles. The summed E-state index contributed by atoms with van der Waals surface area (Å²) in [5, 5.41) is 0. The van der Waals surface area contributed by atoms with Crippen molar-refractivity contribution >= 4 is 0 Å². The van der Waals surface area contributed by atoms with Crippen molar-refractivity contribution in [1.82, 2.24) is 0 Å². The normalized spacial score (nSPS) is 10.6. The minimum atomic E-state index is 0.128. The van der Waals surface area contributed by atoms with E-state index in [9.17, 15) is 0 Å². The largest absolute Gasteiger partial charge is 0.497 e. The Hall–Kier alpha value is -8.74. The van der Waals surface area contributed by atoms with Crippen molar-refractivity contribution in [3.63, 3.8) is 0 Å². The molecule has 0 aliphatic heterocycles. The summed E-state index contributed by atoms with van der Waals surface area (Å²) in [6, 6.07) is 39.2. The molecule has 0 N–H and O–H groups in total. The van der Waals surface area contributed by atoms with Crippen LogP contribution in [0.1, 0.15) is 38.9 Å². The molecule has 0 radical (unpaired) electrons. The van der Waals surface area contributed by atoms with E-state index in [1.54, 1.807) is 81.1 Å². The predicted octanol–water partition coefficient (Wildman–Crippen LogP) is 11.4. The van der Waals surface area contributed by atoms with Crippen molar-refractivity contribution < 1.29 is 71.1 Å². The lowest BCUT2D eigenvalue weighted by molar-refractivity contribution is 0.152. The fourth-order valence-electron chi connectivity index (χ4n) is 7.67. The van der Waals surface area contributed by atoms with Crippen LogP contribution in [0.15, 0.2) is 127 Å². The standard InChI is InChI=1S/C60H62O15/c1-10-11-69-33-40-20-55(74-38-45-22-57(70-34-41-12-47(61-2)26-48(13-41)62-3)31-58(23-45)71-35-42-14-49(63-4)27-50(15-42)64-5)30-56(21-40)75-39-46-24-59(72-36-43-16-51(65-6)28-52(17-43)66-7)32-60(25-46)73-37-44-18-53(67-8)29-54(19-44)68-9/h1,12-32H,11,33-39H2,2-9H3. The quantitative estimate of drug-likeness (QED) is 0.0324. The van der Waals surface area contributed by atoms with Gasteiger partial charge in [-0.05, 0) is 124 Å². The molecule has 15 nitrogen and oxygen atoms in total. The molecule has 7 aromatic carbocycles. The number of rotatable bonds is 29. The smallest absolute Gasteiger partial charge is 0.123 e. The van der Waals surface area contributed by atoms with Crippen LogP contribution in [-0.4, -0.2) is 63.5 Å². The van der Waals surface area contributed by atoms with Crippen LogP contribution >= 0.6 is 0 Å². The average Bonchev–Trinajstić information content (AvgIpc) is 3.45. The highest BCUT2D eigenvalue weighted by atomic mass is 16.5. The van der Waals surface area contributed by atoms with E-state index in [-0.39, 0.29) is 52.9 Å². The van der Waals surface area contributed by atoms with E-state index in [0.29, 0.717) is 80.5 Å². The number of methoxy groups -OCH3 is 8. The lowest BCUT2D eigenvalue weighted by Crippen LogP contribution is -2.04. The minimum Gasteiger partial charge on any atom is -0.497 e. The van der Waals surface area contributed by atoms with E-state index in [1.807, 2.05) is 103 Å². The maximum atomic E-state index is 6.51. The van der Waals surface area contributed by atoms with Crippen LogP contribution in [0.4, 0.5) is 0 Å². The van der Waals surface area contributed by atoms with Gasteiger partial charge in [-0.3, -0.25) is 0 Å². The Bertz CT molecular complexity index is 2580. The molecule has 392 valence electrons. The number of hydrogen-bond acceptors (Lipinski definition) is 15. The molecular formula is C60H62O15. The van der Waals surface area contributed by atoms with Gasteiger partial charge in [0.2, 0.25) is 0 Å². The van der Waals surface area contributed by atoms with E-state index in [2.05, 4.69) is 5.92 Å². The highest BCUT2D eigenvalue weighted by molar-refractivity contribution is 5.45. The molecule has 0 amide bonds. The van der Waals surface area contributed by atoms with Crippen LogP contribution in [0, 0.1) is 12.3 Å². The highest BCUT2D eigenvalue weighted by Crippen LogP contribution is 2.33. The first kappa shape index (κ1) is 54.0. The molecule has 7 rings (SSSR count). The first-order valence-electron chi connectivity index (χ1n) is 23.7. The molecule has 0 atom stereocenters. The molecule has 0 bridgehead atoms. The summed E-state index contributed by atoms with van der Waals surface area (Å²) >= 11 is 0. The predicted molar refractivity (Wildman–Crippen MR) is 282 cm³/mol. The molecule has 75 heavy (non-hydrogen) atoms. The fraction of sp³-hybridized carbons (Fsp3) is 0.267. The Morgan fingerprint density at radius 3 is 0.573 bits per heavy atom. The van der Waals surface area contributed by atoms with Crippen LogP contribution in [0.3, 0.4) is 0 Å². The molecule has 0 aromatic heterocycles. The summed E-state index contributed by atoms with van der Waals surface area (Å²) in [4.78, 5) is 0. The molecule has 0 aliphatic rings. The monoisotopic (exact) mass is 1020 g/mol. The van der Waals surface area contributed by atoms with Crippen molar-refractivity contribution in [2.75, 3.05) is 63.5 Å². The van der Waals surface area contributed by atoms with Gasteiger partial charge in [0.25, 0.3) is 0 Å². The van der Waals surface area contributed by atoms with Crippen molar-refractivity contribution in [2.24, 2.45) is 0 Å². The zero-order chi connectivity index (χ0) is 52.9. The van der Waals surface area contributed by atoms with Gasteiger partial charge in [-0.2, -0.15) is 0 Å².